The number of nitrogens with zero attached hydrogens (tertiary/aromatic N) is 5. The van der Waals surface area contributed by atoms with Gasteiger partial charge in [0.1, 0.15) is 16.9 Å². The summed E-state index contributed by atoms with van der Waals surface area (Å²) in [6, 6.07) is 5.80. The second-order valence-corrected chi connectivity index (χ2v) is 5.95. The number of imidazole rings is 1. The lowest BCUT2D eigenvalue weighted by Crippen LogP contribution is -2.37. The highest BCUT2D eigenvalue weighted by Gasteiger charge is 2.18. The van der Waals surface area contributed by atoms with Crippen LogP contribution in [0, 0.1) is 0 Å². The Hall–Kier alpha value is -2.25. The lowest BCUT2D eigenvalue weighted by Gasteiger charge is -2.29. The third-order valence-electron chi connectivity index (χ3n) is 4.46. The van der Waals surface area contributed by atoms with Gasteiger partial charge in [-0.25, -0.2) is 9.61 Å². The van der Waals surface area contributed by atoms with E-state index in [0.717, 1.165) is 61.4 Å². The molecule has 3 aromatic rings. The highest BCUT2D eigenvalue weighted by atomic mass is 16.6. The molecule has 1 N–H and O–H groups in total. The molecular weight excluding hydrogens is 294 g/mol. The summed E-state index contributed by atoms with van der Waals surface area (Å²) in [5, 5.41) is 17.5. The Kier molecular flexibility index (Phi) is 3.80. The molecule has 0 saturated carbocycles. The fourth-order valence-corrected chi connectivity index (χ4v) is 3.11. The Bertz CT molecular complexity index is 788. The zero-order valence-electron chi connectivity index (χ0n) is 12.8. The molecule has 1 aliphatic rings. The van der Waals surface area contributed by atoms with Crippen molar-refractivity contribution in [3.8, 4) is 11.4 Å². The van der Waals surface area contributed by atoms with Gasteiger partial charge in [-0.3, -0.25) is 0 Å². The van der Waals surface area contributed by atoms with Gasteiger partial charge < -0.3 is 14.6 Å². The number of likely N-dealkylation sites (tertiary alicyclic amines) is 1. The highest BCUT2D eigenvalue weighted by Crippen LogP contribution is 2.25. The van der Waals surface area contributed by atoms with Crippen LogP contribution in [-0.2, 0) is 6.54 Å². The topological polar surface area (TPSA) is 80.2 Å². The second kappa shape index (κ2) is 6.10. The molecule has 23 heavy (non-hydrogen) atoms. The first kappa shape index (κ1) is 14.3. The number of hydrogen-bond donors (Lipinski definition) is 1. The molecule has 120 valence electrons. The molecule has 0 radical (unpaired) electrons. The molecule has 0 atom stereocenters. The Morgan fingerprint density at radius 2 is 2.04 bits per heavy atom. The van der Waals surface area contributed by atoms with Crippen LogP contribution in [0.25, 0.3) is 22.4 Å². The van der Waals surface area contributed by atoms with E-state index < -0.39 is 0 Å². The van der Waals surface area contributed by atoms with Gasteiger partial charge in [0, 0.05) is 44.1 Å². The van der Waals surface area contributed by atoms with Gasteiger partial charge in [-0.1, -0.05) is 6.07 Å². The SMILES string of the molecule is OC1CCN(CCn2ccnc2-c2cccc3nonc23)CC1. The smallest absolute Gasteiger partial charge is 0.146 e. The molecule has 4 rings (SSSR count). The molecule has 1 saturated heterocycles. The van der Waals surface area contributed by atoms with Crippen molar-refractivity contribution in [3.05, 3.63) is 30.6 Å². The summed E-state index contributed by atoms with van der Waals surface area (Å²) in [6.45, 7) is 3.71. The molecule has 1 aromatic carbocycles. The van der Waals surface area contributed by atoms with Gasteiger partial charge in [-0.15, -0.1) is 0 Å². The molecule has 0 bridgehead atoms. The van der Waals surface area contributed by atoms with Gasteiger partial charge in [0.15, 0.2) is 0 Å². The van der Waals surface area contributed by atoms with E-state index in [4.69, 9.17) is 4.63 Å². The zero-order valence-corrected chi connectivity index (χ0v) is 12.8. The summed E-state index contributed by atoms with van der Waals surface area (Å²) in [7, 11) is 0. The van der Waals surface area contributed by atoms with Gasteiger partial charge in [0.25, 0.3) is 0 Å². The van der Waals surface area contributed by atoms with Gasteiger partial charge in [0.2, 0.25) is 0 Å². The number of hydrogen-bond acceptors (Lipinski definition) is 6. The van der Waals surface area contributed by atoms with E-state index in [9.17, 15) is 5.11 Å². The standard InChI is InChI=1S/C16H19N5O2/c22-12-4-7-20(8-5-12)10-11-21-9-6-17-16(21)13-2-1-3-14-15(13)19-23-18-14/h1-3,6,9,12,22H,4-5,7-8,10-11H2. The number of aromatic nitrogens is 4. The number of piperidine rings is 1. The van der Waals surface area contributed by atoms with Crippen LogP contribution in [0.15, 0.2) is 35.2 Å². The minimum Gasteiger partial charge on any atom is -0.393 e. The van der Waals surface area contributed by atoms with Crippen LogP contribution in [0.3, 0.4) is 0 Å². The predicted octanol–water partition coefficient (Wildman–Crippen LogP) is 1.54. The lowest BCUT2D eigenvalue weighted by atomic mass is 10.1. The molecule has 2 aromatic heterocycles. The van der Waals surface area contributed by atoms with Gasteiger partial charge in [-0.05, 0) is 35.3 Å². The van der Waals surface area contributed by atoms with Crippen molar-refractivity contribution in [2.45, 2.75) is 25.5 Å². The first-order valence-corrected chi connectivity index (χ1v) is 7.94. The largest absolute Gasteiger partial charge is 0.393 e. The number of rotatable bonds is 4. The highest BCUT2D eigenvalue weighted by molar-refractivity contribution is 5.88. The summed E-state index contributed by atoms with van der Waals surface area (Å²) in [4.78, 5) is 6.87. The number of benzene rings is 1. The molecule has 7 heteroatoms. The van der Waals surface area contributed by atoms with Crippen LogP contribution in [-0.4, -0.2) is 55.6 Å². The summed E-state index contributed by atoms with van der Waals surface area (Å²) >= 11 is 0. The van der Waals surface area contributed by atoms with Crippen molar-refractivity contribution < 1.29 is 9.74 Å². The Morgan fingerprint density at radius 3 is 2.91 bits per heavy atom. The van der Waals surface area contributed by atoms with Crippen molar-refractivity contribution in [1.82, 2.24) is 24.8 Å². The second-order valence-electron chi connectivity index (χ2n) is 5.95. The third-order valence-corrected chi connectivity index (χ3v) is 4.46. The van der Waals surface area contributed by atoms with Crippen LogP contribution >= 0.6 is 0 Å². The minimum absolute atomic E-state index is 0.132. The Labute approximate surface area is 133 Å². The average molecular weight is 313 g/mol. The molecule has 0 amide bonds. The van der Waals surface area contributed by atoms with Crippen LogP contribution in [0.1, 0.15) is 12.8 Å². The molecular formula is C16H19N5O2. The molecule has 1 fully saturated rings. The van der Waals surface area contributed by atoms with Gasteiger partial charge in [-0.2, -0.15) is 0 Å². The molecule has 0 spiro atoms. The van der Waals surface area contributed by atoms with Crippen molar-refractivity contribution >= 4 is 11.0 Å². The summed E-state index contributed by atoms with van der Waals surface area (Å²) in [6.07, 6.45) is 5.39. The molecule has 1 aliphatic heterocycles. The third kappa shape index (κ3) is 2.85. The summed E-state index contributed by atoms with van der Waals surface area (Å²) in [5.74, 6) is 0.878. The van der Waals surface area contributed by atoms with Crippen molar-refractivity contribution in [2.75, 3.05) is 19.6 Å². The van der Waals surface area contributed by atoms with Crippen LogP contribution < -0.4 is 0 Å². The molecule has 7 nitrogen and oxygen atoms in total. The molecule has 3 heterocycles. The van der Waals surface area contributed by atoms with E-state index >= 15 is 0 Å². The molecule has 0 aliphatic carbocycles. The first-order chi connectivity index (χ1) is 11.3. The summed E-state index contributed by atoms with van der Waals surface area (Å²) < 4.78 is 6.97. The molecule has 0 unspecified atom stereocenters. The average Bonchev–Trinajstić information content (AvgIpc) is 3.23. The maximum absolute atomic E-state index is 9.59. The number of aliphatic hydroxyl groups is 1. The first-order valence-electron chi connectivity index (χ1n) is 7.94. The van der Waals surface area contributed by atoms with Crippen LogP contribution in [0.5, 0.6) is 0 Å². The Balaban J connectivity index is 1.53. The number of fused-ring (bicyclic) bond motifs is 1. The zero-order chi connectivity index (χ0) is 15.6. The van der Waals surface area contributed by atoms with E-state index in [1.54, 1.807) is 0 Å². The summed E-state index contributed by atoms with van der Waals surface area (Å²) in [5.41, 5.74) is 2.41. The predicted molar refractivity (Wildman–Crippen MR) is 84.7 cm³/mol. The van der Waals surface area contributed by atoms with E-state index in [-0.39, 0.29) is 6.10 Å². The number of aliphatic hydroxyl groups excluding tert-OH is 1. The van der Waals surface area contributed by atoms with Gasteiger partial charge in [0.05, 0.1) is 6.10 Å². The quantitative estimate of drug-likeness (QED) is 0.787. The lowest BCUT2D eigenvalue weighted by molar-refractivity contribution is 0.0810. The Morgan fingerprint density at radius 1 is 1.17 bits per heavy atom. The van der Waals surface area contributed by atoms with Crippen molar-refractivity contribution in [3.63, 3.8) is 0 Å². The van der Waals surface area contributed by atoms with E-state index in [2.05, 4.69) is 24.8 Å². The maximum Gasteiger partial charge on any atom is 0.146 e. The van der Waals surface area contributed by atoms with Crippen LogP contribution in [0.4, 0.5) is 0 Å². The normalized spacial score (nSPS) is 17.1. The minimum atomic E-state index is -0.132. The monoisotopic (exact) mass is 313 g/mol. The van der Waals surface area contributed by atoms with E-state index in [0.29, 0.717) is 0 Å². The van der Waals surface area contributed by atoms with Gasteiger partial charge >= 0.3 is 0 Å². The van der Waals surface area contributed by atoms with Crippen LogP contribution in [0.2, 0.25) is 0 Å². The fourth-order valence-electron chi connectivity index (χ4n) is 3.11. The van der Waals surface area contributed by atoms with E-state index in [1.807, 2.05) is 30.6 Å². The fraction of sp³-hybridized carbons (Fsp3) is 0.438. The van der Waals surface area contributed by atoms with Crippen molar-refractivity contribution in [2.24, 2.45) is 0 Å². The van der Waals surface area contributed by atoms with Crippen molar-refractivity contribution in [1.29, 1.82) is 0 Å². The van der Waals surface area contributed by atoms with E-state index in [1.165, 1.54) is 0 Å². The maximum atomic E-state index is 9.59.